The number of amides is 1. The molecule has 1 saturated carbocycles. The highest BCUT2D eigenvalue weighted by molar-refractivity contribution is 6.03. The minimum Gasteiger partial charge on any atom is -0.497 e. The maximum atomic E-state index is 12.0. The molecule has 0 saturated heterocycles. The van der Waals surface area contributed by atoms with Gasteiger partial charge in [0.25, 0.3) is 0 Å². The van der Waals surface area contributed by atoms with Crippen LogP contribution in [0.5, 0.6) is 5.75 Å². The van der Waals surface area contributed by atoms with Gasteiger partial charge in [-0.15, -0.1) is 0 Å². The van der Waals surface area contributed by atoms with Crippen molar-refractivity contribution in [3.63, 3.8) is 0 Å². The van der Waals surface area contributed by atoms with Crippen molar-refractivity contribution in [1.82, 2.24) is 0 Å². The van der Waals surface area contributed by atoms with Crippen molar-refractivity contribution in [2.24, 2.45) is 0 Å². The summed E-state index contributed by atoms with van der Waals surface area (Å²) in [5.74, 6) is 0.992. The molecular formula is C13H16N2O2. The normalized spacial score (nSPS) is 19.4. The zero-order valence-corrected chi connectivity index (χ0v) is 9.90. The zero-order chi connectivity index (χ0) is 11.8. The molecule has 3 rings (SSSR count). The molecule has 0 bridgehead atoms. The van der Waals surface area contributed by atoms with E-state index in [1.54, 1.807) is 7.11 Å². The third-order valence-corrected chi connectivity index (χ3v) is 3.60. The molecule has 1 aromatic rings. The standard InChI is InChI=1S/C13H16N2O2/c1-17-10-5-6-12-11(7-10)14-8-13(16)15(12)9-3-2-4-9/h5-7,9,14H,2-4,8H2,1H3. The number of rotatable bonds is 2. The van der Waals surface area contributed by atoms with Crippen molar-refractivity contribution >= 4 is 17.3 Å². The highest BCUT2D eigenvalue weighted by Crippen LogP contribution is 2.38. The molecule has 4 heteroatoms. The fourth-order valence-corrected chi connectivity index (χ4v) is 2.43. The molecule has 17 heavy (non-hydrogen) atoms. The minimum absolute atomic E-state index is 0.173. The molecule has 1 aliphatic heterocycles. The highest BCUT2D eigenvalue weighted by Gasteiger charge is 2.33. The SMILES string of the molecule is COc1ccc2c(c1)NCC(=O)N2C1CCC1. The second kappa shape index (κ2) is 3.95. The molecule has 1 fully saturated rings. The Hall–Kier alpha value is -1.71. The second-order valence-electron chi connectivity index (χ2n) is 4.59. The van der Waals surface area contributed by atoms with E-state index in [0.717, 1.165) is 30.0 Å². The van der Waals surface area contributed by atoms with Crippen LogP contribution < -0.4 is 15.0 Å². The first kappa shape index (κ1) is 10.4. The number of anilines is 2. The summed E-state index contributed by atoms with van der Waals surface area (Å²) in [4.78, 5) is 13.9. The van der Waals surface area contributed by atoms with E-state index >= 15 is 0 Å². The fraction of sp³-hybridized carbons (Fsp3) is 0.462. The van der Waals surface area contributed by atoms with Crippen LogP contribution in [0.25, 0.3) is 0 Å². The summed E-state index contributed by atoms with van der Waals surface area (Å²) in [7, 11) is 1.65. The monoisotopic (exact) mass is 232 g/mol. The van der Waals surface area contributed by atoms with Gasteiger partial charge < -0.3 is 15.0 Å². The van der Waals surface area contributed by atoms with Crippen LogP contribution in [0, 0.1) is 0 Å². The molecule has 1 heterocycles. The summed E-state index contributed by atoms with van der Waals surface area (Å²) in [6, 6.07) is 6.23. The molecule has 0 atom stereocenters. The molecule has 0 aromatic heterocycles. The predicted molar refractivity (Wildman–Crippen MR) is 66.6 cm³/mol. The number of hydrogen-bond acceptors (Lipinski definition) is 3. The Bertz CT molecular complexity index is 455. The Balaban J connectivity index is 1.98. The smallest absolute Gasteiger partial charge is 0.246 e. The number of nitrogens with zero attached hydrogens (tertiary/aromatic N) is 1. The van der Waals surface area contributed by atoms with Gasteiger partial charge >= 0.3 is 0 Å². The Kier molecular flexibility index (Phi) is 2.42. The van der Waals surface area contributed by atoms with E-state index in [4.69, 9.17) is 4.74 Å². The molecule has 1 aromatic carbocycles. The van der Waals surface area contributed by atoms with Crippen molar-refractivity contribution in [2.75, 3.05) is 23.9 Å². The van der Waals surface area contributed by atoms with Crippen LogP contribution in [0.1, 0.15) is 19.3 Å². The molecule has 0 spiro atoms. The Morgan fingerprint density at radius 1 is 1.41 bits per heavy atom. The van der Waals surface area contributed by atoms with E-state index in [2.05, 4.69) is 5.32 Å². The fourth-order valence-electron chi connectivity index (χ4n) is 2.43. The number of benzene rings is 1. The average Bonchev–Trinajstić information content (AvgIpc) is 2.30. The van der Waals surface area contributed by atoms with Crippen molar-refractivity contribution in [3.8, 4) is 5.75 Å². The first-order valence-electron chi connectivity index (χ1n) is 6.03. The van der Waals surface area contributed by atoms with Gasteiger partial charge in [-0.2, -0.15) is 0 Å². The summed E-state index contributed by atoms with van der Waals surface area (Å²) in [5.41, 5.74) is 1.99. The van der Waals surface area contributed by atoms with Gasteiger partial charge in [0.1, 0.15) is 5.75 Å². The van der Waals surface area contributed by atoms with Crippen molar-refractivity contribution in [2.45, 2.75) is 25.3 Å². The molecule has 1 N–H and O–H groups in total. The minimum atomic E-state index is 0.173. The molecule has 1 aliphatic carbocycles. The lowest BCUT2D eigenvalue weighted by Crippen LogP contribution is -2.49. The van der Waals surface area contributed by atoms with Gasteiger partial charge in [0, 0.05) is 12.1 Å². The zero-order valence-electron chi connectivity index (χ0n) is 9.90. The number of nitrogens with one attached hydrogen (secondary N) is 1. The number of ether oxygens (including phenoxy) is 1. The van der Waals surface area contributed by atoms with E-state index < -0.39 is 0 Å². The van der Waals surface area contributed by atoms with Crippen LogP contribution in [0.3, 0.4) is 0 Å². The summed E-state index contributed by atoms with van der Waals surface area (Å²) in [6.07, 6.45) is 3.47. The van der Waals surface area contributed by atoms with Gasteiger partial charge in [0.15, 0.2) is 0 Å². The lowest BCUT2D eigenvalue weighted by atomic mass is 9.90. The summed E-state index contributed by atoms with van der Waals surface area (Å²) >= 11 is 0. The first-order valence-corrected chi connectivity index (χ1v) is 6.03. The number of carbonyl (C=O) groups is 1. The Morgan fingerprint density at radius 3 is 2.88 bits per heavy atom. The van der Waals surface area contributed by atoms with Crippen LogP contribution in [0.4, 0.5) is 11.4 Å². The van der Waals surface area contributed by atoms with E-state index in [0.29, 0.717) is 12.6 Å². The van der Waals surface area contributed by atoms with Gasteiger partial charge in [-0.05, 0) is 31.4 Å². The average molecular weight is 232 g/mol. The number of hydrogen-bond donors (Lipinski definition) is 1. The largest absolute Gasteiger partial charge is 0.497 e. The number of carbonyl (C=O) groups excluding carboxylic acids is 1. The van der Waals surface area contributed by atoms with E-state index in [1.807, 2.05) is 23.1 Å². The lowest BCUT2D eigenvalue weighted by Gasteiger charge is -2.41. The quantitative estimate of drug-likeness (QED) is 0.848. The van der Waals surface area contributed by atoms with Crippen LogP contribution in [0.15, 0.2) is 18.2 Å². The van der Waals surface area contributed by atoms with Crippen molar-refractivity contribution < 1.29 is 9.53 Å². The van der Waals surface area contributed by atoms with Crippen molar-refractivity contribution in [1.29, 1.82) is 0 Å². The molecule has 0 unspecified atom stereocenters. The van der Waals surface area contributed by atoms with Crippen molar-refractivity contribution in [3.05, 3.63) is 18.2 Å². The van der Waals surface area contributed by atoms with Crippen LogP contribution >= 0.6 is 0 Å². The van der Waals surface area contributed by atoms with E-state index in [-0.39, 0.29) is 5.91 Å². The van der Waals surface area contributed by atoms with Gasteiger partial charge in [0.05, 0.1) is 25.0 Å². The van der Waals surface area contributed by atoms with Gasteiger partial charge in [0.2, 0.25) is 5.91 Å². The lowest BCUT2D eigenvalue weighted by molar-refractivity contribution is -0.118. The molecule has 2 aliphatic rings. The molecular weight excluding hydrogens is 216 g/mol. The third-order valence-electron chi connectivity index (χ3n) is 3.60. The topological polar surface area (TPSA) is 41.6 Å². The maximum Gasteiger partial charge on any atom is 0.246 e. The van der Waals surface area contributed by atoms with Gasteiger partial charge in [-0.1, -0.05) is 0 Å². The molecule has 1 amide bonds. The van der Waals surface area contributed by atoms with E-state index in [9.17, 15) is 4.79 Å². The summed E-state index contributed by atoms with van der Waals surface area (Å²) < 4.78 is 5.20. The van der Waals surface area contributed by atoms with Gasteiger partial charge in [-0.3, -0.25) is 4.79 Å². The van der Waals surface area contributed by atoms with E-state index in [1.165, 1.54) is 6.42 Å². The summed E-state index contributed by atoms with van der Waals surface area (Å²) in [6.45, 7) is 0.386. The Labute approximate surface area is 101 Å². The maximum absolute atomic E-state index is 12.0. The Morgan fingerprint density at radius 2 is 2.24 bits per heavy atom. The number of methoxy groups -OCH3 is 1. The molecule has 90 valence electrons. The third kappa shape index (κ3) is 1.64. The molecule has 0 radical (unpaired) electrons. The van der Waals surface area contributed by atoms with Crippen LogP contribution in [-0.4, -0.2) is 25.6 Å². The van der Waals surface area contributed by atoms with Crippen LogP contribution in [0.2, 0.25) is 0 Å². The van der Waals surface area contributed by atoms with Gasteiger partial charge in [-0.25, -0.2) is 0 Å². The first-order chi connectivity index (χ1) is 8.29. The predicted octanol–water partition coefficient (Wildman–Crippen LogP) is 2.01. The highest BCUT2D eigenvalue weighted by atomic mass is 16.5. The second-order valence-corrected chi connectivity index (χ2v) is 4.59. The molecule has 4 nitrogen and oxygen atoms in total. The summed E-state index contributed by atoms with van der Waals surface area (Å²) in [5, 5.41) is 3.15. The van der Waals surface area contributed by atoms with Crippen LogP contribution in [-0.2, 0) is 4.79 Å². The number of fused-ring (bicyclic) bond motifs is 1.